The third-order valence-electron chi connectivity index (χ3n) is 2.43. The molecule has 1 unspecified atom stereocenters. The number of aliphatic hydroxyl groups is 1. The number of nitrogens with one attached hydrogen (secondary N) is 2. The number of rotatable bonds is 6. The monoisotopic (exact) mass is 265 g/mol. The molecule has 0 aliphatic carbocycles. The summed E-state index contributed by atoms with van der Waals surface area (Å²) in [5.74, 6) is 0.215. The van der Waals surface area contributed by atoms with Gasteiger partial charge in [-0.1, -0.05) is 0 Å². The molecule has 1 rings (SSSR count). The zero-order chi connectivity index (χ0) is 12.5. The number of amides is 2. The van der Waals surface area contributed by atoms with Crippen molar-refractivity contribution in [1.82, 2.24) is 15.5 Å². The first-order chi connectivity index (χ1) is 8.24. The summed E-state index contributed by atoms with van der Waals surface area (Å²) in [7, 11) is 0. The van der Waals surface area contributed by atoms with Gasteiger partial charge in [-0.25, -0.2) is 4.79 Å². The lowest BCUT2D eigenvalue weighted by atomic mass is 10.4. The standard InChI is InChI=1S/C10H20ClN3O3/c11-7-9(15)8-12-1-2-13-10(16)14-3-5-17-6-4-14/h9,12,15H,1-8H2,(H,13,16). The lowest BCUT2D eigenvalue weighted by molar-refractivity contribution is 0.0532. The van der Waals surface area contributed by atoms with Crippen LogP contribution in [-0.2, 0) is 4.74 Å². The third-order valence-corrected chi connectivity index (χ3v) is 2.79. The van der Waals surface area contributed by atoms with E-state index in [4.69, 9.17) is 21.4 Å². The van der Waals surface area contributed by atoms with Crippen molar-refractivity contribution in [1.29, 1.82) is 0 Å². The largest absolute Gasteiger partial charge is 0.391 e. The molecular formula is C10H20ClN3O3. The number of morpholine rings is 1. The fraction of sp³-hybridized carbons (Fsp3) is 0.900. The van der Waals surface area contributed by atoms with Crippen LogP contribution in [0.2, 0.25) is 0 Å². The first kappa shape index (κ1) is 14.5. The van der Waals surface area contributed by atoms with Crippen molar-refractivity contribution in [2.24, 2.45) is 0 Å². The molecular weight excluding hydrogens is 246 g/mol. The molecule has 100 valence electrons. The van der Waals surface area contributed by atoms with Gasteiger partial charge in [0.15, 0.2) is 0 Å². The van der Waals surface area contributed by atoms with E-state index in [1.54, 1.807) is 4.90 Å². The van der Waals surface area contributed by atoms with Gasteiger partial charge in [-0.2, -0.15) is 0 Å². The van der Waals surface area contributed by atoms with Crippen LogP contribution in [0.3, 0.4) is 0 Å². The number of halogens is 1. The summed E-state index contributed by atoms with van der Waals surface area (Å²) < 4.78 is 5.16. The Morgan fingerprint density at radius 1 is 1.41 bits per heavy atom. The van der Waals surface area contributed by atoms with Crippen molar-refractivity contribution in [3.05, 3.63) is 0 Å². The average Bonchev–Trinajstić information content (AvgIpc) is 2.38. The van der Waals surface area contributed by atoms with Crippen molar-refractivity contribution in [2.45, 2.75) is 6.10 Å². The Hall–Kier alpha value is -0.560. The topological polar surface area (TPSA) is 73.8 Å². The van der Waals surface area contributed by atoms with Crippen molar-refractivity contribution in [2.75, 3.05) is 51.8 Å². The van der Waals surface area contributed by atoms with Crippen LogP contribution in [0.4, 0.5) is 4.79 Å². The van der Waals surface area contributed by atoms with Crippen LogP contribution in [0.25, 0.3) is 0 Å². The molecule has 1 atom stereocenters. The number of ether oxygens (including phenoxy) is 1. The molecule has 6 nitrogen and oxygen atoms in total. The molecule has 1 aliphatic rings. The van der Waals surface area contributed by atoms with Crippen LogP contribution in [0.15, 0.2) is 0 Å². The van der Waals surface area contributed by atoms with E-state index in [2.05, 4.69) is 10.6 Å². The second kappa shape index (κ2) is 8.52. The van der Waals surface area contributed by atoms with Crippen LogP contribution >= 0.6 is 11.6 Å². The molecule has 1 fully saturated rings. The lowest BCUT2D eigenvalue weighted by Gasteiger charge is -2.26. The van der Waals surface area contributed by atoms with Gasteiger partial charge in [0, 0.05) is 38.6 Å². The SMILES string of the molecule is O=C(NCCNCC(O)CCl)N1CCOCC1. The van der Waals surface area contributed by atoms with Crippen molar-refractivity contribution < 1.29 is 14.6 Å². The molecule has 7 heteroatoms. The van der Waals surface area contributed by atoms with Gasteiger partial charge in [-0.05, 0) is 0 Å². The van der Waals surface area contributed by atoms with Crippen molar-refractivity contribution in [3.63, 3.8) is 0 Å². The maximum absolute atomic E-state index is 11.6. The molecule has 0 bridgehead atoms. The van der Waals surface area contributed by atoms with Gasteiger partial charge >= 0.3 is 6.03 Å². The predicted octanol–water partition coefficient (Wildman–Crippen LogP) is -0.782. The maximum atomic E-state index is 11.6. The fourth-order valence-electron chi connectivity index (χ4n) is 1.46. The average molecular weight is 266 g/mol. The Morgan fingerprint density at radius 2 is 2.12 bits per heavy atom. The first-order valence-electron chi connectivity index (χ1n) is 5.79. The molecule has 0 aromatic heterocycles. The van der Waals surface area contributed by atoms with E-state index in [0.29, 0.717) is 45.9 Å². The second-order valence-corrected chi connectivity index (χ2v) is 4.15. The van der Waals surface area contributed by atoms with Gasteiger partial charge < -0.3 is 25.4 Å². The Morgan fingerprint density at radius 3 is 2.76 bits per heavy atom. The molecule has 0 aromatic carbocycles. The van der Waals surface area contributed by atoms with Gasteiger partial charge in [0.25, 0.3) is 0 Å². The molecule has 0 spiro atoms. The number of aliphatic hydroxyl groups excluding tert-OH is 1. The quantitative estimate of drug-likeness (QED) is 0.435. The zero-order valence-electron chi connectivity index (χ0n) is 9.82. The summed E-state index contributed by atoms with van der Waals surface area (Å²) in [6.45, 7) is 4.09. The van der Waals surface area contributed by atoms with Crippen LogP contribution in [0.1, 0.15) is 0 Å². The fourth-order valence-corrected chi connectivity index (χ4v) is 1.57. The van der Waals surface area contributed by atoms with E-state index in [1.165, 1.54) is 0 Å². The summed E-state index contributed by atoms with van der Waals surface area (Å²) >= 11 is 5.44. The molecule has 17 heavy (non-hydrogen) atoms. The number of urea groups is 1. The van der Waals surface area contributed by atoms with Gasteiger partial charge in [0.2, 0.25) is 0 Å². The van der Waals surface area contributed by atoms with Crippen LogP contribution in [-0.4, -0.2) is 74.0 Å². The van der Waals surface area contributed by atoms with E-state index in [1.807, 2.05) is 0 Å². The molecule has 1 saturated heterocycles. The number of nitrogens with zero attached hydrogens (tertiary/aromatic N) is 1. The predicted molar refractivity (Wildman–Crippen MR) is 65.4 cm³/mol. The summed E-state index contributed by atoms with van der Waals surface area (Å²) in [5.41, 5.74) is 0. The molecule has 0 radical (unpaired) electrons. The highest BCUT2D eigenvalue weighted by molar-refractivity contribution is 6.18. The van der Waals surface area contributed by atoms with Gasteiger partial charge in [-0.3, -0.25) is 0 Å². The molecule has 1 heterocycles. The lowest BCUT2D eigenvalue weighted by Crippen LogP contribution is -2.47. The maximum Gasteiger partial charge on any atom is 0.317 e. The molecule has 0 saturated carbocycles. The first-order valence-corrected chi connectivity index (χ1v) is 6.32. The van der Waals surface area contributed by atoms with Crippen LogP contribution < -0.4 is 10.6 Å². The smallest absolute Gasteiger partial charge is 0.317 e. The highest BCUT2D eigenvalue weighted by atomic mass is 35.5. The minimum absolute atomic E-state index is 0.0620. The minimum atomic E-state index is -0.536. The van der Waals surface area contributed by atoms with Gasteiger partial charge in [0.1, 0.15) is 0 Å². The number of carbonyl (C=O) groups excluding carboxylic acids is 1. The van der Waals surface area contributed by atoms with Crippen LogP contribution in [0, 0.1) is 0 Å². The Labute approximate surface area is 106 Å². The minimum Gasteiger partial charge on any atom is -0.391 e. The molecule has 1 aliphatic heterocycles. The number of hydrogen-bond acceptors (Lipinski definition) is 4. The Balaban J connectivity index is 2.00. The normalized spacial score (nSPS) is 17.9. The van der Waals surface area contributed by atoms with E-state index < -0.39 is 6.10 Å². The van der Waals surface area contributed by atoms with E-state index >= 15 is 0 Å². The highest BCUT2D eigenvalue weighted by Gasteiger charge is 2.15. The summed E-state index contributed by atoms with van der Waals surface area (Å²) in [6.07, 6.45) is -0.536. The molecule has 0 aromatic rings. The molecule has 3 N–H and O–H groups in total. The van der Waals surface area contributed by atoms with E-state index in [0.717, 1.165) is 0 Å². The number of alkyl halides is 1. The highest BCUT2D eigenvalue weighted by Crippen LogP contribution is 1.96. The number of carbonyl (C=O) groups is 1. The second-order valence-electron chi connectivity index (χ2n) is 3.84. The Bertz CT molecular complexity index is 225. The Kier molecular flexibility index (Phi) is 7.27. The van der Waals surface area contributed by atoms with Gasteiger partial charge in [-0.15, -0.1) is 11.6 Å². The third kappa shape index (κ3) is 6.07. The summed E-state index contributed by atoms with van der Waals surface area (Å²) in [5, 5.41) is 15.0. The van der Waals surface area contributed by atoms with E-state index in [-0.39, 0.29) is 11.9 Å². The summed E-state index contributed by atoms with van der Waals surface area (Å²) in [6, 6.07) is -0.0620. The molecule has 2 amide bonds. The number of hydrogen-bond donors (Lipinski definition) is 3. The zero-order valence-corrected chi connectivity index (χ0v) is 10.6. The van der Waals surface area contributed by atoms with E-state index in [9.17, 15) is 4.79 Å². The summed E-state index contributed by atoms with van der Waals surface area (Å²) in [4.78, 5) is 13.3. The van der Waals surface area contributed by atoms with Crippen molar-refractivity contribution >= 4 is 17.6 Å². The van der Waals surface area contributed by atoms with Crippen LogP contribution in [0.5, 0.6) is 0 Å². The van der Waals surface area contributed by atoms with Crippen molar-refractivity contribution in [3.8, 4) is 0 Å². The van der Waals surface area contributed by atoms with Gasteiger partial charge in [0.05, 0.1) is 19.3 Å².